The maximum Gasteiger partial charge on any atom is 0.209 e. The molecule has 0 aliphatic rings. The van der Waals surface area contributed by atoms with E-state index in [0.717, 1.165) is 12.0 Å². The highest BCUT2D eigenvalue weighted by Gasteiger charge is 2.18. The standard InChI is InChI=1S/C16H27NO3S/c1-2-3-4-5-9-12-20-13-16(14-21(17,18)19)15-10-7-6-8-11-15/h6-8,10-11,16H,2-5,9,12-14H2,1H3,(H2,17,18,19). The first-order valence-electron chi connectivity index (χ1n) is 7.66. The van der Waals surface area contributed by atoms with E-state index < -0.39 is 10.0 Å². The minimum absolute atomic E-state index is 0.0765. The van der Waals surface area contributed by atoms with Gasteiger partial charge in [-0.15, -0.1) is 0 Å². The molecule has 0 heterocycles. The SMILES string of the molecule is CCCCCCCOCC(CS(N)(=O)=O)c1ccccc1. The average Bonchev–Trinajstić information content (AvgIpc) is 2.45. The van der Waals surface area contributed by atoms with Gasteiger partial charge in [-0.25, -0.2) is 13.6 Å². The molecule has 0 spiro atoms. The maximum absolute atomic E-state index is 11.3. The molecule has 0 aliphatic heterocycles. The van der Waals surface area contributed by atoms with E-state index in [-0.39, 0.29) is 11.7 Å². The fraction of sp³-hybridized carbons (Fsp3) is 0.625. The van der Waals surface area contributed by atoms with Crippen LogP contribution in [-0.4, -0.2) is 27.4 Å². The Balaban J connectivity index is 2.40. The lowest BCUT2D eigenvalue weighted by Crippen LogP contribution is -2.24. The van der Waals surface area contributed by atoms with E-state index >= 15 is 0 Å². The number of nitrogens with two attached hydrogens (primary N) is 1. The Morgan fingerprint density at radius 1 is 1.10 bits per heavy atom. The van der Waals surface area contributed by atoms with E-state index in [9.17, 15) is 8.42 Å². The Hall–Kier alpha value is -0.910. The van der Waals surface area contributed by atoms with Crippen LogP contribution < -0.4 is 5.14 Å². The second-order valence-electron chi connectivity index (χ2n) is 5.43. The van der Waals surface area contributed by atoms with Crippen molar-refractivity contribution >= 4 is 10.0 Å². The van der Waals surface area contributed by atoms with Gasteiger partial charge < -0.3 is 4.74 Å². The Bertz CT molecular complexity index is 474. The second kappa shape index (κ2) is 9.92. The highest BCUT2D eigenvalue weighted by Crippen LogP contribution is 2.17. The van der Waals surface area contributed by atoms with Gasteiger partial charge in [0.25, 0.3) is 0 Å². The summed E-state index contributed by atoms with van der Waals surface area (Å²) in [6.07, 6.45) is 5.92. The molecule has 120 valence electrons. The van der Waals surface area contributed by atoms with E-state index in [2.05, 4.69) is 6.92 Å². The van der Waals surface area contributed by atoms with Crippen molar-refractivity contribution in [3.05, 3.63) is 35.9 Å². The first kappa shape index (κ1) is 18.1. The van der Waals surface area contributed by atoms with Crippen LogP contribution in [-0.2, 0) is 14.8 Å². The minimum atomic E-state index is -3.51. The molecular weight excluding hydrogens is 286 g/mol. The molecule has 0 aliphatic carbocycles. The summed E-state index contributed by atoms with van der Waals surface area (Å²) in [5.41, 5.74) is 0.956. The summed E-state index contributed by atoms with van der Waals surface area (Å²) in [6, 6.07) is 9.54. The molecule has 21 heavy (non-hydrogen) atoms. The zero-order valence-corrected chi connectivity index (χ0v) is 13.6. The molecule has 1 rings (SSSR count). The lowest BCUT2D eigenvalue weighted by atomic mass is 10.0. The van der Waals surface area contributed by atoms with Gasteiger partial charge in [-0.05, 0) is 12.0 Å². The zero-order chi connectivity index (χ0) is 15.6. The van der Waals surface area contributed by atoms with Crippen molar-refractivity contribution in [3.63, 3.8) is 0 Å². The molecule has 0 fully saturated rings. The van der Waals surface area contributed by atoms with Crippen molar-refractivity contribution in [1.29, 1.82) is 0 Å². The molecule has 4 nitrogen and oxygen atoms in total. The minimum Gasteiger partial charge on any atom is -0.381 e. The molecular formula is C16H27NO3S. The van der Waals surface area contributed by atoms with Crippen LogP contribution in [0.3, 0.4) is 0 Å². The maximum atomic E-state index is 11.3. The number of sulfonamides is 1. The van der Waals surface area contributed by atoms with Gasteiger partial charge in [0, 0.05) is 12.5 Å². The van der Waals surface area contributed by atoms with Gasteiger partial charge in [0.1, 0.15) is 0 Å². The number of hydrogen-bond donors (Lipinski definition) is 1. The Labute approximate surface area is 128 Å². The van der Waals surface area contributed by atoms with Crippen molar-refractivity contribution in [2.24, 2.45) is 5.14 Å². The van der Waals surface area contributed by atoms with Gasteiger partial charge in [-0.1, -0.05) is 62.9 Å². The van der Waals surface area contributed by atoms with Crippen molar-refractivity contribution < 1.29 is 13.2 Å². The lowest BCUT2D eigenvalue weighted by molar-refractivity contribution is 0.120. The number of hydrogen-bond acceptors (Lipinski definition) is 3. The molecule has 0 bridgehead atoms. The normalized spacial score (nSPS) is 13.2. The number of primary sulfonamides is 1. The predicted octanol–water partition coefficient (Wildman–Crippen LogP) is 3.05. The number of rotatable bonds is 11. The van der Waals surface area contributed by atoms with Crippen LogP contribution in [0.1, 0.15) is 50.5 Å². The molecule has 0 saturated heterocycles. The number of benzene rings is 1. The highest BCUT2D eigenvalue weighted by molar-refractivity contribution is 7.89. The van der Waals surface area contributed by atoms with Gasteiger partial charge in [0.15, 0.2) is 0 Å². The zero-order valence-electron chi connectivity index (χ0n) is 12.8. The monoisotopic (exact) mass is 313 g/mol. The summed E-state index contributed by atoms with van der Waals surface area (Å²) in [4.78, 5) is 0. The first-order chi connectivity index (χ1) is 10.0. The molecule has 0 radical (unpaired) electrons. The molecule has 1 unspecified atom stereocenters. The third-order valence-electron chi connectivity index (χ3n) is 3.42. The van der Waals surface area contributed by atoms with Crippen LogP contribution in [0.25, 0.3) is 0 Å². The van der Waals surface area contributed by atoms with Crippen molar-refractivity contribution in [3.8, 4) is 0 Å². The highest BCUT2D eigenvalue weighted by atomic mass is 32.2. The fourth-order valence-electron chi connectivity index (χ4n) is 2.28. The molecule has 1 atom stereocenters. The Morgan fingerprint density at radius 3 is 2.38 bits per heavy atom. The average molecular weight is 313 g/mol. The summed E-state index contributed by atoms with van der Waals surface area (Å²) < 4.78 is 28.3. The van der Waals surface area contributed by atoms with E-state index in [0.29, 0.717) is 13.2 Å². The largest absolute Gasteiger partial charge is 0.381 e. The van der Waals surface area contributed by atoms with Gasteiger partial charge in [0.05, 0.1) is 12.4 Å². The Morgan fingerprint density at radius 2 is 1.76 bits per heavy atom. The number of ether oxygens (including phenoxy) is 1. The first-order valence-corrected chi connectivity index (χ1v) is 9.37. The van der Waals surface area contributed by atoms with Crippen molar-refractivity contribution in [2.75, 3.05) is 19.0 Å². The van der Waals surface area contributed by atoms with E-state index in [1.165, 1.54) is 25.7 Å². The van der Waals surface area contributed by atoms with Crippen LogP contribution in [0.2, 0.25) is 0 Å². The van der Waals surface area contributed by atoms with Crippen LogP contribution >= 0.6 is 0 Å². The van der Waals surface area contributed by atoms with Crippen LogP contribution in [0.15, 0.2) is 30.3 Å². The molecule has 0 aromatic heterocycles. The second-order valence-corrected chi connectivity index (χ2v) is 7.09. The van der Waals surface area contributed by atoms with Crippen molar-refractivity contribution in [1.82, 2.24) is 0 Å². The smallest absolute Gasteiger partial charge is 0.209 e. The topological polar surface area (TPSA) is 69.4 Å². The fourth-order valence-corrected chi connectivity index (χ4v) is 3.13. The summed E-state index contributed by atoms with van der Waals surface area (Å²) in [5, 5.41) is 5.18. The van der Waals surface area contributed by atoms with Crippen LogP contribution in [0.5, 0.6) is 0 Å². The van der Waals surface area contributed by atoms with Crippen LogP contribution in [0.4, 0.5) is 0 Å². The van der Waals surface area contributed by atoms with Crippen molar-refractivity contribution in [2.45, 2.75) is 44.9 Å². The molecule has 0 saturated carbocycles. The third kappa shape index (κ3) is 8.86. The van der Waals surface area contributed by atoms with E-state index in [1.54, 1.807) is 0 Å². The lowest BCUT2D eigenvalue weighted by Gasteiger charge is -2.16. The molecule has 0 amide bonds. The summed E-state index contributed by atoms with van der Waals surface area (Å²) in [6.45, 7) is 3.26. The van der Waals surface area contributed by atoms with E-state index in [4.69, 9.17) is 9.88 Å². The Kier molecular flexibility index (Phi) is 8.57. The molecule has 5 heteroatoms. The van der Waals surface area contributed by atoms with Gasteiger partial charge in [-0.2, -0.15) is 0 Å². The van der Waals surface area contributed by atoms with E-state index in [1.807, 2.05) is 30.3 Å². The van der Waals surface area contributed by atoms with Crippen LogP contribution in [0, 0.1) is 0 Å². The van der Waals surface area contributed by atoms with Gasteiger partial charge in [0.2, 0.25) is 10.0 Å². The molecule has 1 aromatic rings. The number of unbranched alkanes of at least 4 members (excludes halogenated alkanes) is 4. The molecule has 1 aromatic carbocycles. The molecule has 2 N–H and O–H groups in total. The quantitative estimate of drug-likeness (QED) is 0.638. The summed E-state index contributed by atoms with van der Waals surface area (Å²) >= 11 is 0. The predicted molar refractivity (Wildman–Crippen MR) is 86.7 cm³/mol. The summed E-state index contributed by atoms with van der Waals surface area (Å²) in [7, 11) is -3.51. The van der Waals surface area contributed by atoms with Gasteiger partial charge in [-0.3, -0.25) is 0 Å². The summed E-state index contributed by atoms with van der Waals surface area (Å²) in [5.74, 6) is -0.274. The third-order valence-corrected chi connectivity index (χ3v) is 4.28. The van der Waals surface area contributed by atoms with Gasteiger partial charge >= 0.3 is 0 Å².